The summed E-state index contributed by atoms with van der Waals surface area (Å²) in [5.41, 5.74) is 2.35. The van der Waals surface area contributed by atoms with Crippen LogP contribution in [0.1, 0.15) is 23.2 Å². The Kier molecular flexibility index (Phi) is 7.17. The maximum atomic E-state index is 12.4. The standard InChI is InChI=1S/C22H24Cl2N4O2S/c23-16-4-3-5-18(20(16)24)28-12-10-27(11-13-28)9-2-1-8-25-21(29)15-6-7-17-19(14-15)31-22(30)26-17/h3-7,14H,1-2,8-13H2,(H,25,29)(H,26,30). The summed E-state index contributed by atoms with van der Waals surface area (Å²) in [6, 6.07) is 11.0. The second-order valence-corrected chi connectivity index (χ2v) is 9.39. The first kappa shape index (κ1) is 22.1. The normalized spacial score (nSPS) is 14.8. The molecule has 4 rings (SSSR count). The van der Waals surface area contributed by atoms with Crippen molar-refractivity contribution in [2.75, 3.05) is 44.2 Å². The third kappa shape index (κ3) is 5.41. The van der Waals surface area contributed by atoms with Crippen molar-refractivity contribution in [2.24, 2.45) is 0 Å². The largest absolute Gasteiger partial charge is 0.368 e. The van der Waals surface area contributed by atoms with Gasteiger partial charge in [0.1, 0.15) is 0 Å². The van der Waals surface area contributed by atoms with Crippen LogP contribution in [0.5, 0.6) is 0 Å². The van der Waals surface area contributed by atoms with E-state index in [1.165, 1.54) is 0 Å². The Morgan fingerprint density at radius 1 is 1.10 bits per heavy atom. The number of unbranched alkanes of at least 4 members (excludes halogenated alkanes) is 1. The predicted molar refractivity (Wildman–Crippen MR) is 129 cm³/mol. The molecule has 0 aliphatic carbocycles. The number of thiazole rings is 1. The smallest absolute Gasteiger partial charge is 0.305 e. The van der Waals surface area contributed by atoms with Gasteiger partial charge in [-0.3, -0.25) is 14.5 Å². The van der Waals surface area contributed by atoms with Crippen LogP contribution in [0.15, 0.2) is 41.2 Å². The maximum absolute atomic E-state index is 12.4. The SMILES string of the molecule is O=C(NCCCCN1CCN(c2cccc(Cl)c2Cl)CC1)c1ccc2[nH]c(=O)sc2c1. The molecule has 2 N–H and O–H groups in total. The van der Waals surface area contributed by atoms with Gasteiger partial charge in [-0.25, -0.2) is 0 Å². The number of H-pyrrole nitrogens is 1. The van der Waals surface area contributed by atoms with Crippen LogP contribution in [0.3, 0.4) is 0 Å². The number of nitrogens with zero attached hydrogens (tertiary/aromatic N) is 2. The average Bonchev–Trinajstić information content (AvgIpc) is 3.15. The first-order valence-corrected chi connectivity index (χ1v) is 11.9. The van der Waals surface area contributed by atoms with Gasteiger partial charge in [0.05, 0.1) is 25.9 Å². The number of anilines is 1. The van der Waals surface area contributed by atoms with E-state index in [1.807, 2.05) is 18.2 Å². The second kappa shape index (κ2) is 10.0. The first-order valence-electron chi connectivity index (χ1n) is 10.3. The summed E-state index contributed by atoms with van der Waals surface area (Å²) >= 11 is 13.6. The van der Waals surface area contributed by atoms with E-state index in [1.54, 1.807) is 18.2 Å². The zero-order valence-electron chi connectivity index (χ0n) is 17.0. The maximum Gasteiger partial charge on any atom is 0.305 e. The Morgan fingerprint density at radius 3 is 2.71 bits per heavy atom. The van der Waals surface area contributed by atoms with Crippen molar-refractivity contribution >= 4 is 56.3 Å². The molecule has 3 aromatic rings. The number of amides is 1. The molecule has 1 fully saturated rings. The molecular weight excluding hydrogens is 455 g/mol. The Hall–Kier alpha value is -2.06. The van der Waals surface area contributed by atoms with Crippen molar-refractivity contribution in [1.29, 1.82) is 0 Å². The summed E-state index contributed by atoms with van der Waals surface area (Å²) in [4.78, 5) is 31.1. The van der Waals surface area contributed by atoms with E-state index in [9.17, 15) is 9.59 Å². The lowest BCUT2D eigenvalue weighted by Crippen LogP contribution is -2.46. The summed E-state index contributed by atoms with van der Waals surface area (Å²) in [6.07, 6.45) is 1.95. The summed E-state index contributed by atoms with van der Waals surface area (Å²) in [5.74, 6) is -0.102. The molecule has 0 unspecified atom stereocenters. The van der Waals surface area contributed by atoms with Crippen molar-refractivity contribution < 1.29 is 4.79 Å². The number of hydrogen-bond acceptors (Lipinski definition) is 5. The number of piperazine rings is 1. The molecule has 31 heavy (non-hydrogen) atoms. The van der Waals surface area contributed by atoms with E-state index < -0.39 is 0 Å². The van der Waals surface area contributed by atoms with Gasteiger partial charge in [0, 0.05) is 38.3 Å². The highest BCUT2D eigenvalue weighted by Crippen LogP contribution is 2.32. The molecule has 0 atom stereocenters. The van der Waals surface area contributed by atoms with Gasteiger partial charge in [-0.1, -0.05) is 40.6 Å². The van der Waals surface area contributed by atoms with E-state index in [-0.39, 0.29) is 10.8 Å². The van der Waals surface area contributed by atoms with E-state index in [4.69, 9.17) is 23.2 Å². The molecule has 1 amide bonds. The Balaban J connectivity index is 1.16. The first-order chi connectivity index (χ1) is 15.0. The Labute approximate surface area is 194 Å². The molecule has 1 aliphatic rings. The van der Waals surface area contributed by atoms with Gasteiger partial charge >= 0.3 is 4.87 Å². The molecule has 0 bridgehead atoms. The van der Waals surface area contributed by atoms with Crippen LogP contribution in [0, 0.1) is 0 Å². The van der Waals surface area contributed by atoms with Crippen LogP contribution < -0.4 is 15.1 Å². The zero-order chi connectivity index (χ0) is 21.8. The highest BCUT2D eigenvalue weighted by atomic mass is 35.5. The fourth-order valence-corrected chi connectivity index (χ4v) is 4.99. The fraction of sp³-hybridized carbons (Fsp3) is 0.364. The minimum atomic E-state index is -0.107. The molecule has 1 saturated heterocycles. The van der Waals surface area contributed by atoms with Crippen LogP contribution in [-0.2, 0) is 0 Å². The molecule has 2 aromatic carbocycles. The van der Waals surface area contributed by atoms with Gasteiger partial charge in [-0.2, -0.15) is 0 Å². The number of halogens is 2. The molecule has 0 spiro atoms. The van der Waals surface area contributed by atoms with Crippen LogP contribution in [0.2, 0.25) is 10.0 Å². The lowest BCUT2D eigenvalue weighted by atomic mass is 10.2. The minimum absolute atomic E-state index is 0.102. The lowest BCUT2D eigenvalue weighted by molar-refractivity contribution is 0.0952. The summed E-state index contributed by atoms with van der Waals surface area (Å²) in [5, 5.41) is 4.19. The number of rotatable bonds is 7. The Morgan fingerprint density at radius 2 is 1.90 bits per heavy atom. The number of aromatic amines is 1. The van der Waals surface area contributed by atoms with Gasteiger partial charge in [0.25, 0.3) is 5.91 Å². The third-order valence-electron chi connectivity index (χ3n) is 5.51. The highest BCUT2D eigenvalue weighted by Gasteiger charge is 2.19. The molecule has 164 valence electrons. The number of carbonyl (C=O) groups is 1. The number of benzene rings is 2. The topological polar surface area (TPSA) is 68.4 Å². The molecule has 2 heterocycles. The van der Waals surface area contributed by atoms with E-state index in [0.717, 1.165) is 72.8 Å². The molecule has 0 radical (unpaired) electrons. The third-order valence-corrected chi connectivity index (χ3v) is 7.17. The second-order valence-electron chi connectivity index (χ2n) is 7.59. The van der Waals surface area contributed by atoms with Gasteiger partial charge in [-0.05, 0) is 49.7 Å². The average molecular weight is 479 g/mol. The quantitative estimate of drug-likeness (QED) is 0.498. The molecule has 9 heteroatoms. The van der Waals surface area contributed by atoms with Crippen LogP contribution in [0.4, 0.5) is 5.69 Å². The molecule has 0 saturated carbocycles. The van der Waals surface area contributed by atoms with Gasteiger partial charge < -0.3 is 15.2 Å². The van der Waals surface area contributed by atoms with Gasteiger partial charge in [-0.15, -0.1) is 0 Å². The highest BCUT2D eigenvalue weighted by molar-refractivity contribution is 7.16. The molecule has 1 aromatic heterocycles. The van der Waals surface area contributed by atoms with Crippen LogP contribution in [0.25, 0.3) is 10.2 Å². The van der Waals surface area contributed by atoms with Crippen molar-refractivity contribution in [3.8, 4) is 0 Å². The zero-order valence-corrected chi connectivity index (χ0v) is 19.3. The Bertz CT molecular complexity index is 1120. The summed E-state index contributed by atoms with van der Waals surface area (Å²) in [6.45, 7) is 5.45. The minimum Gasteiger partial charge on any atom is -0.368 e. The molecule has 1 aliphatic heterocycles. The predicted octanol–water partition coefficient (Wildman–Crippen LogP) is 4.23. The number of nitrogens with one attached hydrogen (secondary N) is 2. The summed E-state index contributed by atoms with van der Waals surface area (Å²) < 4.78 is 0.802. The van der Waals surface area contributed by atoms with Crippen molar-refractivity contribution in [2.45, 2.75) is 12.8 Å². The number of aromatic nitrogens is 1. The van der Waals surface area contributed by atoms with Crippen molar-refractivity contribution in [3.63, 3.8) is 0 Å². The molecule has 6 nitrogen and oxygen atoms in total. The van der Waals surface area contributed by atoms with Crippen LogP contribution in [-0.4, -0.2) is 55.1 Å². The number of hydrogen-bond donors (Lipinski definition) is 2. The fourth-order valence-electron chi connectivity index (χ4n) is 3.80. The van der Waals surface area contributed by atoms with Crippen molar-refractivity contribution in [3.05, 3.63) is 61.7 Å². The van der Waals surface area contributed by atoms with Gasteiger partial charge in [0.15, 0.2) is 0 Å². The van der Waals surface area contributed by atoms with E-state index in [0.29, 0.717) is 22.2 Å². The number of fused-ring (bicyclic) bond motifs is 1. The van der Waals surface area contributed by atoms with E-state index >= 15 is 0 Å². The van der Waals surface area contributed by atoms with E-state index in [2.05, 4.69) is 20.1 Å². The number of carbonyl (C=O) groups excluding carboxylic acids is 1. The lowest BCUT2D eigenvalue weighted by Gasteiger charge is -2.36. The summed E-state index contributed by atoms with van der Waals surface area (Å²) in [7, 11) is 0. The molecular formula is C22H24Cl2N4O2S. The van der Waals surface area contributed by atoms with Gasteiger partial charge in [0.2, 0.25) is 0 Å². The van der Waals surface area contributed by atoms with Crippen LogP contribution >= 0.6 is 34.5 Å². The monoisotopic (exact) mass is 478 g/mol. The van der Waals surface area contributed by atoms with Crippen molar-refractivity contribution in [1.82, 2.24) is 15.2 Å².